The first kappa shape index (κ1) is 16.9. The molecule has 0 aliphatic heterocycles. The van der Waals surface area contributed by atoms with E-state index in [4.69, 9.17) is 0 Å². The molecule has 1 aromatic carbocycles. The van der Waals surface area contributed by atoms with Crippen LogP contribution >= 0.6 is 0 Å². The Bertz CT molecular complexity index is 742. The summed E-state index contributed by atoms with van der Waals surface area (Å²) in [6.07, 6.45) is 1.58. The maximum atomic E-state index is 12.2. The molecule has 0 unspecified atom stereocenters. The van der Waals surface area contributed by atoms with Crippen molar-refractivity contribution in [3.05, 3.63) is 29.8 Å². The summed E-state index contributed by atoms with van der Waals surface area (Å²) >= 11 is 0. The molecule has 9 nitrogen and oxygen atoms in total. The third kappa shape index (κ3) is 4.27. The number of amides is 2. The van der Waals surface area contributed by atoms with E-state index in [0.29, 0.717) is 0 Å². The average Bonchev–Trinajstić information content (AvgIpc) is 3.35. The summed E-state index contributed by atoms with van der Waals surface area (Å²) in [5.41, 5.74) is 1.60. The van der Waals surface area contributed by atoms with Gasteiger partial charge < -0.3 is 10.1 Å². The van der Waals surface area contributed by atoms with Crippen LogP contribution in [0.25, 0.3) is 0 Å². The number of hydrogen-bond donors (Lipinski definition) is 3. The predicted octanol–water partition coefficient (Wildman–Crippen LogP) is -0.939. The van der Waals surface area contributed by atoms with Gasteiger partial charge in [-0.15, -0.1) is 4.83 Å². The lowest BCUT2D eigenvalue weighted by molar-refractivity contribution is -0.139. The number of hydrogen-bond acceptors (Lipinski definition) is 6. The molecular formula is C13H15N3O6S. The summed E-state index contributed by atoms with van der Waals surface area (Å²) < 4.78 is 28.8. The van der Waals surface area contributed by atoms with E-state index in [-0.39, 0.29) is 16.5 Å². The number of carbonyl (C=O) groups is 3. The number of methoxy groups -OCH3 is 1. The third-order valence-electron chi connectivity index (χ3n) is 3.00. The Balaban J connectivity index is 2.08. The molecule has 1 fully saturated rings. The van der Waals surface area contributed by atoms with Gasteiger partial charge in [0.2, 0.25) is 0 Å². The lowest BCUT2D eigenvalue weighted by Gasteiger charge is -2.11. The summed E-state index contributed by atoms with van der Waals surface area (Å²) in [5.74, 6) is -2.92. The fourth-order valence-corrected chi connectivity index (χ4v) is 2.72. The molecule has 2 rings (SSSR count). The van der Waals surface area contributed by atoms with Crippen LogP contribution in [-0.2, 0) is 24.3 Å². The second-order valence-electron chi connectivity index (χ2n) is 4.80. The molecule has 0 radical (unpaired) electrons. The smallest absolute Gasteiger partial charge is 0.339 e. The minimum absolute atomic E-state index is 0.0371. The number of nitrogens with one attached hydrogen (secondary N) is 3. The van der Waals surface area contributed by atoms with Gasteiger partial charge in [-0.3, -0.25) is 15.0 Å². The van der Waals surface area contributed by atoms with Crippen LogP contribution in [0.3, 0.4) is 0 Å². The van der Waals surface area contributed by atoms with Gasteiger partial charge in [0.1, 0.15) is 0 Å². The third-order valence-corrected chi connectivity index (χ3v) is 4.31. The van der Waals surface area contributed by atoms with Crippen molar-refractivity contribution in [2.45, 2.75) is 23.8 Å². The van der Waals surface area contributed by atoms with Gasteiger partial charge >= 0.3 is 17.8 Å². The Kier molecular flexibility index (Phi) is 4.96. The van der Waals surface area contributed by atoms with Crippen LogP contribution in [0.2, 0.25) is 0 Å². The maximum absolute atomic E-state index is 12.2. The molecule has 1 aliphatic carbocycles. The van der Waals surface area contributed by atoms with Crippen molar-refractivity contribution in [3.63, 3.8) is 0 Å². The Hall–Kier alpha value is -2.46. The Morgan fingerprint density at radius 2 is 1.78 bits per heavy atom. The minimum atomic E-state index is -4.25. The maximum Gasteiger partial charge on any atom is 0.339 e. The fraction of sp³-hybridized carbons (Fsp3) is 0.308. The van der Waals surface area contributed by atoms with Gasteiger partial charge in [-0.1, -0.05) is 12.1 Å². The van der Waals surface area contributed by atoms with Crippen LogP contribution < -0.4 is 15.6 Å². The molecule has 1 saturated carbocycles. The SMILES string of the molecule is COC(=O)c1ccccc1S(=O)(=O)NNC(=O)C(=O)NC1CC1. The van der Waals surface area contributed by atoms with Crippen LogP contribution in [0.15, 0.2) is 29.2 Å². The van der Waals surface area contributed by atoms with Crippen molar-refractivity contribution in [3.8, 4) is 0 Å². The Morgan fingerprint density at radius 1 is 1.13 bits per heavy atom. The van der Waals surface area contributed by atoms with Crippen LogP contribution in [0.1, 0.15) is 23.2 Å². The first-order chi connectivity index (χ1) is 10.8. The summed E-state index contributed by atoms with van der Waals surface area (Å²) in [4.78, 5) is 35.9. The van der Waals surface area contributed by atoms with Crippen molar-refractivity contribution < 1.29 is 27.5 Å². The number of sulfonamides is 1. The van der Waals surface area contributed by atoms with E-state index in [1.165, 1.54) is 24.3 Å². The molecule has 23 heavy (non-hydrogen) atoms. The number of benzene rings is 1. The zero-order valence-corrected chi connectivity index (χ0v) is 13.0. The van der Waals surface area contributed by atoms with Gasteiger partial charge in [0.15, 0.2) is 0 Å². The second-order valence-corrected chi connectivity index (χ2v) is 6.45. The highest BCUT2D eigenvalue weighted by molar-refractivity contribution is 7.89. The van der Waals surface area contributed by atoms with E-state index < -0.39 is 27.8 Å². The van der Waals surface area contributed by atoms with Gasteiger partial charge in [0, 0.05) is 6.04 Å². The summed E-state index contributed by atoms with van der Waals surface area (Å²) in [6, 6.07) is 5.27. The fourth-order valence-electron chi connectivity index (χ4n) is 1.68. The number of ether oxygens (including phenoxy) is 1. The molecule has 0 saturated heterocycles. The molecule has 0 heterocycles. The number of rotatable bonds is 5. The van der Waals surface area contributed by atoms with Gasteiger partial charge in [0.05, 0.1) is 17.6 Å². The average molecular weight is 341 g/mol. The first-order valence-electron chi connectivity index (χ1n) is 6.65. The van der Waals surface area contributed by atoms with Crippen molar-refractivity contribution in [1.29, 1.82) is 0 Å². The standard InChI is InChI=1S/C13H15N3O6S/c1-22-13(19)9-4-2-3-5-10(9)23(20,21)16-15-12(18)11(17)14-8-6-7-8/h2-5,8,16H,6-7H2,1H3,(H,14,17)(H,15,18). The topological polar surface area (TPSA) is 131 Å². The van der Waals surface area contributed by atoms with Crippen molar-refractivity contribution in [2.75, 3.05) is 7.11 Å². The van der Waals surface area contributed by atoms with Crippen LogP contribution in [0.4, 0.5) is 0 Å². The highest BCUT2D eigenvalue weighted by Gasteiger charge is 2.28. The normalized spacial score (nSPS) is 14.0. The molecule has 1 aromatic rings. The monoisotopic (exact) mass is 341 g/mol. The van der Waals surface area contributed by atoms with E-state index in [9.17, 15) is 22.8 Å². The van der Waals surface area contributed by atoms with E-state index in [2.05, 4.69) is 10.1 Å². The van der Waals surface area contributed by atoms with E-state index >= 15 is 0 Å². The lowest BCUT2D eigenvalue weighted by Crippen LogP contribution is -2.49. The number of esters is 1. The zero-order valence-electron chi connectivity index (χ0n) is 12.2. The van der Waals surface area contributed by atoms with E-state index in [1.54, 1.807) is 10.3 Å². The van der Waals surface area contributed by atoms with Crippen LogP contribution in [0.5, 0.6) is 0 Å². The van der Waals surface area contributed by atoms with Crippen molar-refractivity contribution in [2.24, 2.45) is 0 Å². The quantitative estimate of drug-likeness (QED) is 0.360. The molecular weight excluding hydrogens is 326 g/mol. The van der Waals surface area contributed by atoms with Crippen LogP contribution in [0, 0.1) is 0 Å². The summed E-state index contributed by atoms with van der Waals surface area (Å²) in [7, 11) is -3.14. The number of hydrazine groups is 1. The largest absolute Gasteiger partial charge is 0.465 e. The zero-order chi connectivity index (χ0) is 17.0. The number of carbonyl (C=O) groups excluding carboxylic acids is 3. The molecule has 124 valence electrons. The molecule has 10 heteroatoms. The van der Waals surface area contributed by atoms with Gasteiger partial charge in [-0.2, -0.15) is 0 Å². The molecule has 0 bridgehead atoms. The summed E-state index contributed by atoms with van der Waals surface area (Å²) in [5, 5.41) is 2.41. The van der Waals surface area contributed by atoms with Gasteiger partial charge in [-0.05, 0) is 25.0 Å². The van der Waals surface area contributed by atoms with E-state index in [1.807, 2.05) is 0 Å². The summed E-state index contributed by atoms with van der Waals surface area (Å²) in [6.45, 7) is 0. The molecule has 1 aliphatic rings. The molecule has 0 aromatic heterocycles. The molecule has 2 amide bonds. The van der Waals surface area contributed by atoms with Gasteiger partial charge in [-0.25, -0.2) is 13.2 Å². The highest BCUT2D eigenvalue weighted by atomic mass is 32.2. The Morgan fingerprint density at radius 3 is 2.39 bits per heavy atom. The van der Waals surface area contributed by atoms with Crippen molar-refractivity contribution in [1.82, 2.24) is 15.6 Å². The highest BCUT2D eigenvalue weighted by Crippen LogP contribution is 2.18. The Labute approximate surface area is 132 Å². The first-order valence-corrected chi connectivity index (χ1v) is 8.13. The van der Waals surface area contributed by atoms with E-state index in [0.717, 1.165) is 20.0 Å². The van der Waals surface area contributed by atoms with Crippen LogP contribution in [-0.4, -0.2) is 39.4 Å². The minimum Gasteiger partial charge on any atom is -0.465 e. The van der Waals surface area contributed by atoms with Crippen molar-refractivity contribution >= 4 is 27.8 Å². The lowest BCUT2D eigenvalue weighted by atomic mass is 10.2. The molecule has 0 spiro atoms. The molecule has 0 atom stereocenters. The molecule has 3 N–H and O–H groups in total. The van der Waals surface area contributed by atoms with Gasteiger partial charge in [0.25, 0.3) is 10.0 Å². The predicted molar refractivity (Wildman–Crippen MR) is 77.4 cm³/mol. The second kappa shape index (κ2) is 6.75.